The maximum Gasteiger partial charge on any atom is 0.302 e. The van der Waals surface area contributed by atoms with Crippen LogP contribution >= 0.6 is 0 Å². The summed E-state index contributed by atoms with van der Waals surface area (Å²) in [6, 6.07) is 5.57. The lowest BCUT2D eigenvalue weighted by Gasteiger charge is -2.07. The quantitative estimate of drug-likeness (QED) is 0.385. The summed E-state index contributed by atoms with van der Waals surface area (Å²) >= 11 is 0. The van der Waals surface area contributed by atoms with Gasteiger partial charge in [0.1, 0.15) is 14.7 Å². The van der Waals surface area contributed by atoms with E-state index >= 15 is 0 Å². The molecule has 1 aromatic carbocycles. The molecule has 0 aliphatic heterocycles. The number of rotatable bonds is 2. The van der Waals surface area contributed by atoms with Crippen molar-refractivity contribution in [2.75, 3.05) is 5.73 Å². The minimum absolute atomic E-state index is 0.198. The molecule has 0 unspecified atom stereocenters. The molecule has 0 aliphatic rings. The first-order valence-corrected chi connectivity index (χ1v) is 9.33. The van der Waals surface area contributed by atoms with Crippen molar-refractivity contribution in [3.8, 4) is 11.5 Å². The molecule has 0 bridgehead atoms. The van der Waals surface area contributed by atoms with Gasteiger partial charge in [0.25, 0.3) is 0 Å². The molecule has 0 aromatic heterocycles. The van der Waals surface area contributed by atoms with E-state index < -0.39 is 8.07 Å². The molecule has 0 aliphatic carbocycles. The zero-order valence-electron chi connectivity index (χ0n) is 11.3. The molecule has 0 atom stereocenters. The molecule has 2 N–H and O–H groups in total. The number of hydrogen-bond donors (Lipinski definition) is 1. The predicted molar refractivity (Wildman–Crippen MR) is 76.5 cm³/mol. The van der Waals surface area contributed by atoms with Gasteiger partial charge in [-0.15, -0.1) is 5.54 Å². The summed E-state index contributed by atoms with van der Waals surface area (Å²) in [6.45, 7) is 8.15. The first kappa shape index (κ1) is 14.3. The third kappa shape index (κ3) is 5.06. The third-order valence-corrected chi connectivity index (χ3v) is 3.03. The average Bonchev–Trinajstić information content (AvgIpc) is 2.25. The standard InChI is InChI=1S/C14H19NO2Si/c1-11(16)17-10-13-9-12(5-6-14(13)15)7-8-18(2,3)4/h5-6,9H,10,15H2,1-4H3. The van der Waals surface area contributed by atoms with E-state index in [1.54, 1.807) is 6.07 Å². The van der Waals surface area contributed by atoms with Crippen LogP contribution in [-0.2, 0) is 16.1 Å². The SMILES string of the molecule is CC(=O)OCc1cc(C#C[Si](C)(C)C)ccc1N. The van der Waals surface area contributed by atoms with E-state index in [1.807, 2.05) is 12.1 Å². The van der Waals surface area contributed by atoms with Crippen LogP contribution in [0.15, 0.2) is 18.2 Å². The van der Waals surface area contributed by atoms with Crippen molar-refractivity contribution in [1.82, 2.24) is 0 Å². The Balaban J connectivity index is 2.92. The van der Waals surface area contributed by atoms with Crippen molar-refractivity contribution in [2.24, 2.45) is 0 Å². The summed E-state index contributed by atoms with van der Waals surface area (Å²) in [5.41, 5.74) is 11.4. The van der Waals surface area contributed by atoms with Gasteiger partial charge in [-0.05, 0) is 18.2 Å². The maximum atomic E-state index is 10.8. The van der Waals surface area contributed by atoms with Crippen LogP contribution < -0.4 is 5.73 Å². The van der Waals surface area contributed by atoms with Crippen LogP contribution in [0, 0.1) is 11.5 Å². The van der Waals surface area contributed by atoms with Gasteiger partial charge in [-0.2, -0.15) is 0 Å². The molecule has 18 heavy (non-hydrogen) atoms. The van der Waals surface area contributed by atoms with Crippen LogP contribution in [0.1, 0.15) is 18.1 Å². The molecular weight excluding hydrogens is 242 g/mol. The highest BCUT2D eigenvalue weighted by atomic mass is 28.3. The molecule has 0 spiro atoms. The van der Waals surface area contributed by atoms with Crippen molar-refractivity contribution in [3.05, 3.63) is 29.3 Å². The van der Waals surface area contributed by atoms with Gasteiger partial charge in [0.2, 0.25) is 0 Å². The highest BCUT2D eigenvalue weighted by Crippen LogP contribution is 2.15. The van der Waals surface area contributed by atoms with Crippen LogP contribution in [0.3, 0.4) is 0 Å². The summed E-state index contributed by atoms with van der Waals surface area (Å²) in [6.07, 6.45) is 0. The molecule has 1 aromatic rings. The van der Waals surface area contributed by atoms with Crippen molar-refractivity contribution >= 4 is 19.7 Å². The number of ether oxygens (including phenoxy) is 1. The van der Waals surface area contributed by atoms with E-state index in [4.69, 9.17) is 10.5 Å². The van der Waals surface area contributed by atoms with Crippen LogP contribution in [-0.4, -0.2) is 14.0 Å². The van der Waals surface area contributed by atoms with E-state index in [9.17, 15) is 4.79 Å². The molecule has 0 heterocycles. The normalized spacial score (nSPS) is 10.4. The summed E-state index contributed by atoms with van der Waals surface area (Å²) < 4.78 is 4.95. The maximum absolute atomic E-state index is 10.8. The smallest absolute Gasteiger partial charge is 0.302 e. The zero-order chi connectivity index (χ0) is 13.8. The molecule has 96 valence electrons. The Morgan fingerprint density at radius 3 is 2.61 bits per heavy atom. The number of nitrogen functional groups attached to an aromatic ring is 1. The van der Waals surface area contributed by atoms with E-state index in [0.29, 0.717) is 5.69 Å². The molecule has 0 saturated carbocycles. The minimum Gasteiger partial charge on any atom is -0.461 e. The Kier molecular flexibility index (Phi) is 4.57. The van der Waals surface area contributed by atoms with Crippen molar-refractivity contribution in [2.45, 2.75) is 33.2 Å². The predicted octanol–water partition coefficient (Wildman–Crippen LogP) is 2.56. The second-order valence-corrected chi connectivity index (χ2v) is 9.94. The second-order valence-electron chi connectivity index (χ2n) is 5.19. The van der Waals surface area contributed by atoms with Crippen molar-refractivity contribution < 1.29 is 9.53 Å². The largest absolute Gasteiger partial charge is 0.461 e. The van der Waals surface area contributed by atoms with E-state index in [1.165, 1.54) is 6.92 Å². The fourth-order valence-corrected chi connectivity index (χ4v) is 1.77. The number of carbonyl (C=O) groups excluding carboxylic acids is 1. The first-order valence-electron chi connectivity index (χ1n) is 5.83. The van der Waals surface area contributed by atoms with Gasteiger partial charge >= 0.3 is 5.97 Å². The average molecular weight is 261 g/mol. The van der Waals surface area contributed by atoms with Gasteiger partial charge in [-0.1, -0.05) is 25.6 Å². The van der Waals surface area contributed by atoms with Crippen LogP contribution in [0.4, 0.5) is 5.69 Å². The Bertz CT molecular complexity index is 507. The Morgan fingerprint density at radius 2 is 2.06 bits per heavy atom. The summed E-state index contributed by atoms with van der Waals surface area (Å²) in [5, 5.41) is 0. The van der Waals surface area contributed by atoms with Gasteiger partial charge in [-0.25, -0.2) is 0 Å². The number of esters is 1. The number of hydrogen-bond acceptors (Lipinski definition) is 3. The highest BCUT2D eigenvalue weighted by Gasteiger charge is 2.08. The summed E-state index contributed by atoms with van der Waals surface area (Å²) in [5.74, 6) is 2.84. The summed E-state index contributed by atoms with van der Waals surface area (Å²) in [4.78, 5) is 10.8. The molecule has 0 radical (unpaired) electrons. The van der Waals surface area contributed by atoms with Crippen LogP contribution in [0.5, 0.6) is 0 Å². The monoisotopic (exact) mass is 261 g/mol. The molecular formula is C14H19NO2Si. The first-order chi connectivity index (χ1) is 8.28. The van der Waals surface area contributed by atoms with Crippen LogP contribution in [0.2, 0.25) is 19.6 Å². The number of nitrogens with two attached hydrogens (primary N) is 1. The van der Waals surface area contributed by atoms with Gasteiger partial charge in [0.15, 0.2) is 0 Å². The minimum atomic E-state index is -1.39. The molecule has 0 saturated heterocycles. The lowest BCUT2D eigenvalue weighted by Crippen LogP contribution is -2.16. The van der Waals surface area contributed by atoms with Crippen molar-refractivity contribution in [3.63, 3.8) is 0 Å². The number of anilines is 1. The molecule has 0 amide bonds. The van der Waals surface area contributed by atoms with E-state index in [0.717, 1.165) is 11.1 Å². The second kappa shape index (κ2) is 5.74. The van der Waals surface area contributed by atoms with Crippen molar-refractivity contribution in [1.29, 1.82) is 0 Å². The fourth-order valence-electron chi connectivity index (χ4n) is 1.25. The Labute approximate surface area is 109 Å². The van der Waals surface area contributed by atoms with E-state index in [-0.39, 0.29) is 12.6 Å². The van der Waals surface area contributed by atoms with Gasteiger partial charge in [0, 0.05) is 23.7 Å². The lowest BCUT2D eigenvalue weighted by atomic mass is 10.1. The van der Waals surface area contributed by atoms with Gasteiger partial charge in [0.05, 0.1) is 0 Å². The third-order valence-electron chi connectivity index (χ3n) is 2.16. The fraction of sp³-hybridized carbons (Fsp3) is 0.357. The van der Waals surface area contributed by atoms with Gasteiger partial charge in [-0.3, -0.25) is 4.79 Å². The molecule has 0 fully saturated rings. The summed E-state index contributed by atoms with van der Waals surface area (Å²) in [7, 11) is -1.39. The van der Waals surface area contributed by atoms with E-state index in [2.05, 4.69) is 31.1 Å². The lowest BCUT2D eigenvalue weighted by molar-refractivity contribution is -0.142. The molecule has 1 rings (SSSR count). The number of carbonyl (C=O) groups is 1. The number of benzene rings is 1. The Morgan fingerprint density at radius 1 is 1.39 bits per heavy atom. The molecule has 3 nitrogen and oxygen atoms in total. The zero-order valence-corrected chi connectivity index (χ0v) is 12.3. The topological polar surface area (TPSA) is 52.3 Å². The highest BCUT2D eigenvalue weighted by molar-refractivity contribution is 6.83. The van der Waals surface area contributed by atoms with Gasteiger partial charge < -0.3 is 10.5 Å². The Hall–Kier alpha value is -1.73. The molecule has 4 heteroatoms. The van der Waals surface area contributed by atoms with Crippen LogP contribution in [0.25, 0.3) is 0 Å².